The van der Waals surface area contributed by atoms with Crippen molar-refractivity contribution in [2.75, 3.05) is 5.73 Å². The lowest BCUT2D eigenvalue weighted by Crippen LogP contribution is -1.94. The maximum absolute atomic E-state index is 5.57. The number of anilines is 1. The standard InChI is InChI=1S/C11H15NS/c1-9(13)3-2-4-10-5-7-11(12)8-6-10/h1,5-9,13H,2-4,12H2. The number of benzene rings is 1. The van der Waals surface area contributed by atoms with Crippen molar-refractivity contribution < 1.29 is 0 Å². The van der Waals surface area contributed by atoms with E-state index in [1.807, 2.05) is 12.1 Å². The van der Waals surface area contributed by atoms with Gasteiger partial charge in [-0.2, -0.15) is 12.6 Å². The van der Waals surface area contributed by atoms with E-state index in [2.05, 4.69) is 24.8 Å². The maximum Gasteiger partial charge on any atom is 0.0314 e. The van der Waals surface area contributed by atoms with E-state index in [1.54, 1.807) is 0 Å². The van der Waals surface area contributed by atoms with E-state index in [-0.39, 0.29) is 5.25 Å². The number of aryl methyl sites for hydroxylation is 1. The summed E-state index contributed by atoms with van der Waals surface area (Å²) >= 11 is 4.12. The summed E-state index contributed by atoms with van der Waals surface area (Å²) in [6.45, 7) is 5.52. The Morgan fingerprint density at radius 2 is 1.92 bits per heavy atom. The summed E-state index contributed by atoms with van der Waals surface area (Å²) in [5.74, 6) is 0. The molecule has 0 heterocycles. The van der Waals surface area contributed by atoms with Gasteiger partial charge in [-0.25, -0.2) is 0 Å². The van der Waals surface area contributed by atoms with Gasteiger partial charge in [0.2, 0.25) is 0 Å². The molecule has 0 fully saturated rings. The number of nitrogen functional groups attached to an aromatic ring is 1. The molecule has 0 saturated carbocycles. The van der Waals surface area contributed by atoms with Gasteiger partial charge in [0.05, 0.1) is 0 Å². The minimum Gasteiger partial charge on any atom is -0.399 e. The fourth-order valence-corrected chi connectivity index (χ4v) is 1.38. The molecule has 1 nitrogen and oxygen atoms in total. The molecule has 0 bridgehead atoms. The van der Waals surface area contributed by atoms with E-state index in [0.29, 0.717) is 0 Å². The number of nitrogens with two attached hydrogens (primary N) is 1. The third-order valence-corrected chi connectivity index (χ3v) is 2.20. The number of thiol groups is 1. The third kappa shape index (κ3) is 4.23. The fourth-order valence-electron chi connectivity index (χ4n) is 1.20. The van der Waals surface area contributed by atoms with Crippen LogP contribution in [0.5, 0.6) is 0 Å². The summed E-state index contributed by atoms with van der Waals surface area (Å²) in [6, 6.07) is 7.96. The SMILES string of the molecule is [CH]C(S)CCCc1ccc(N)cc1. The van der Waals surface area contributed by atoms with E-state index in [1.165, 1.54) is 5.56 Å². The first-order valence-electron chi connectivity index (χ1n) is 4.46. The minimum atomic E-state index is 0.00813. The highest BCUT2D eigenvalue weighted by atomic mass is 32.1. The molecular formula is C11H15NS. The Morgan fingerprint density at radius 3 is 2.46 bits per heavy atom. The van der Waals surface area contributed by atoms with Crippen LogP contribution in [0.25, 0.3) is 0 Å². The maximum atomic E-state index is 5.57. The van der Waals surface area contributed by atoms with Crippen molar-refractivity contribution in [2.24, 2.45) is 0 Å². The van der Waals surface area contributed by atoms with Gasteiger partial charge in [-0.3, -0.25) is 0 Å². The lowest BCUT2D eigenvalue weighted by atomic mass is 10.1. The second kappa shape index (κ2) is 5.18. The molecule has 0 amide bonds. The molecule has 1 unspecified atom stereocenters. The molecule has 1 atom stereocenters. The Morgan fingerprint density at radius 1 is 1.31 bits per heavy atom. The van der Waals surface area contributed by atoms with E-state index in [4.69, 9.17) is 12.7 Å². The zero-order chi connectivity index (χ0) is 9.68. The van der Waals surface area contributed by atoms with Crippen molar-refractivity contribution in [3.63, 3.8) is 0 Å². The summed E-state index contributed by atoms with van der Waals surface area (Å²) < 4.78 is 0. The first-order valence-corrected chi connectivity index (χ1v) is 4.98. The zero-order valence-corrected chi connectivity index (χ0v) is 8.50. The van der Waals surface area contributed by atoms with Crippen molar-refractivity contribution in [3.05, 3.63) is 36.8 Å². The van der Waals surface area contributed by atoms with Crippen molar-refractivity contribution >= 4 is 18.3 Å². The number of rotatable bonds is 4. The highest BCUT2D eigenvalue weighted by molar-refractivity contribution is 7.81. The Bertz CT molecular complexity index is 241. The van der Waals surface area contributed by atoms with E-state index in [9.17, 15) is 0 Å². The Balaban J connectivity index is 2.33. The Hall–Kier alpha value is -0.630. The van der Waals surface area contributed by atoms with Gasteiger partial charge in [-0.15, -0.1) is 0 Å². The zero-order valence-electron chi connectivity index (χ0n) is 7.61. The van der Waals surface area contributed by atoms with Crippen LogP contribution in [-0.2, 0) is 6.42 Å². The van der Waals surface area contributed by atoms with E-state index >= 15 is 0 Å². The topological polar surface area (TPSA) is 26.0 Å². The van der Waals surface area contributed by atoms with Gasteiger partial charge in [0.25, 0.3) is 0 Å². The normalized spacial score (nSPS) is 12.8. The molecule has 0 aliphatic heterocycles. The van der Waals surface area contributed by atoms with Crippen molar-refractivity contribution in [1.29, 1.82) is 0 Å². The first-order chi connectivity index (χ1) is 6.18. The van der Waals surface area contributed by atoms with E-state index < -0.39 is 0 Å². The Labute approximate surface area is 85.8 Å². The number of hydrogen-bond donors (Lipinski definition) is 2. The van der Waals surface area contributed by atoms with Crippen LogP contribution < -0.4 is 5.73 Å². The molecule has 0 spiro atoms. The van der Waals surface area contributed by atoms with Gasteiger partial charge >= 0.3 is 0 Å². The van der Waals surface area contributed by atoms with Crippen LogP contribution in [0.1, 0.15) is 18.4 Å². The molecule has 0 saturated heterocycles. The molecule has 0 aromatic heterocycles. The van der Waals surface area contributed by atoms with Crippen molar-refractivity contribution in [1.82, 2.24) is 0 Å². The summed E-state index contributed by atoms with van der Waals surface area (Å²) in [4.78, 5) is 0. The fraction of sp³-hybridized carbons (Fsp3) is 0.364. The third-order valence-electron chi connectivity index (χ3n) is 1.95. The Kier molecular flexibility index (Phi) is 4.16. The predicted octanol–water partition coefficient (Wildman–Crippen LogP) is 2.60. The molecular weight excluding hydrogens is 178 g/mol. The summed E-state index contributed by atoms with van der Waals surface area (Å²) in [7, 11) is 0. The highest BCUT2D eigenvalue weighted by Gasteiger charge is 1.96. The lowest BCUT2D eigenvalue weighted by Gasteiger charge is -2.03. The molecule has 2 radical (unpaired) electrons. The average Bonchev–Trinajstić information content (AvgIpc) is 2.08. The summed E-state index contributed by atoms with van der Waals surface area (Å²) in [5, 5.41) is 0.00813. The average molecular weight is 193 g/mol. The van der Waals surface area contributed by atoms with Gasteiger partial charge in [-0.05, 0) is 43.9 Å². The quantitative estimate of drug-likeness (QED) is 0.558. The molecule has 13 heavy (non-hydrogen) atoms. The number of hydrogen-bond acceptors (Lipinski definition) is 2. The van der Waals surface area contributed by atoms with Crippen LogP contribution >= 0.6 is 12.6 Å². The molecule has 1 rings (SSSR count). The van der Waals surface area contributed by atoms with Crippen LogP contribution in [0.2, 0.25) is 0 Å². The summed E-state index contributed by atoms with van der Waals surface area (Å²) in [6.07, 6.45) is 3.08. The van der Waals surface area contributed by atoms with Gasteiger partial charge in [0.1, 0.15) is 0 Å². The van der Waals surface area contributed by atoms with Crippen molar-refractivity contribution in [2.45, 2.75) is 24.5 Å². The summed E-state index contributed by atoms with van der Waals surface area (Å²) in [5.41, 5.74) is 7.69. The molecule has 0 aliphatic carbocycles. The molecule has 1 aromatic carbocycles. The molecule has 0 aliphatic rings. The largest absolute Gasteiger partial charge is 0.399 e. The molecule has 70 valence electrons. The molecule has 1 aromatic rings. The van der Waals surface area contributed by atoms with Crippen LogP contribution in [0.4, 0.5) is 5.69 Å². The second-order valence-corrected chi connectivity index (χ2v) is 3.86. The van der Waals surface area contributed by atoms with Crippen molar-refractivity contribution in [3.8, 4) is 0 Å². The predicted molar refractivity (Wildman–Crippen MR) is 60.9 cm³/mol. The van der Waals surface area contributed by atoms with Gasteiger partial charge in [0, 0.05) is 10.9 Å². The molecule has 2 N–H and O–H groups in total. The van der Waals surface area contributed by atoms with Crippen LogP contribution in [0.15, 0.2) is 24.3 Å². The highest BCUT2D eigenvalue weighted by Crippen LogP contribution is 2.11. The van der Waals surface area contributed by atoms with Crippen LogP contribution in [0, 0.1) is 6.92 Å². The first kappa shape index (κ1) is 10.5. The second-order valence-electron chi connectivity index (χ2n) is 3.20. The van der Waals surface area contributed by atoms with E-state index in [0.717, 1.165) is 24.9 Å². The minimum absolute atomic E-state index is 0.00813. The van der Waals surface area contributed by atoms with Crippen LogP contribution in [0.3, 0.4) is 0 Å². The smallest absolute Gasteiger partial charge is 0.0314 e. The lowest BCUT2D eigenvalue weighted by molar-refractivity contribution is 0.758. The van der Waals surface area contributed by atoms with Crippen LogP contribution in [-0.4, -0.2) is 5.25 Å². The van der Waals surface area contributed by atoms with Gasteiger partial charge in [0.15, 0.2) is 0 Å². The van der Waals surface area contributed by atoms with Gasteiger partial charge < -0.3 is 5.73 Å². The van der Waals surface area contributed by atoms with Gasteiger partial charge in [-0.1, -0.05) is 12.1 Å². The molecule has 2 heteroatoms. The monoisotopic (exact) mass is 193 g/mol.